The van der Waals surface area contributed by atoms with Crippen LogP contribution >= 0.6 is 0 Å². The van der Waals surface area contributed by atoms with Crippen molar-refractivity contribution in [1.29, 1.82) is 0 Å². The zero-order chi connectivity index (χ0) is 17.5. The number of hydrogen-bond acceptors (Lipinski definition) is 4. The first-order valence-corrected chi connectivity index (χ1v) is 7.94. The van der Waals surface area contributed by atoms with Crippen LogP contribution in [-0.2, 0) is 4.79 Å². The monoisotopic (exact) mass is 324 g/mol. The number of fused-ring (bicyclic) bond motifs is 2. The maximum Gasteiger partial charge on any atom is 0.316 e. The number of phenolic OH excluding ortho intramolecular Hbond substituents is 2. The lowest BCUT2D eigenvalue weighted by atomic mass is 9.90. The van der Waals surface area contributed by atoms with Crippen LogP contribution in [0.1, 0.15) is 27.2 Å². The third-order valence-electron chi connectivity index (χ3n) is 4.56. The Morgan fingerprint density at radius 3 is 2.29 bits per heavy atom. The van der Waals surface area contributed by atoms with E-state index in [1.165, 1.54) is 12.1 Å². The summed E-state index contributed by atoms with van der Waals surface area (Å²) in [6, 6.07) is 11.8. The van der Waals surface area contributed by atoms with Crippen LogP contribution in [0.15, 0.2) is 42.5 Å². The van der Waals surface area contributed by atoms with Crippen molar-refractivity contribution in [1.82, 2.24) is 0 Å². The summed E-state index contributed by atoms with van der Waals surface area (Å²) in [5.74, 6) is 0.186. The minimum absolute atomic E-state index is 0.0410. The second kappa shape index (κ2) is 5.71. The molecule has 0 radical (unpaired) electrons. The van der Waals surface area contributed by atoms with Crippen LogP contribution < -0.4 is 4.74 Å². The summed E-state index contributed by atoms with van der Waals surface area (Å²) in [5, 5.41) is 22.6. The first kappa shape index (κ1) is 16.1. The van der Waals surface area contributed by atoms with Crippen molar-refractivity contribution in [3.05, 3.63) is 42.5 Å². The van der Waals surface area contributed by atoms with Gasteiger partial charge in [-0.15, -0.1) is 0 Å². The van der Waals surface area contributed by atoms with Gasteiger partial charge in [-0.05, 0) is 38.5 Å². The van der Waals surface area contributed by atoms with E-state index >= 15 is 0 Å². The summed E-state index contributed by atoms with van der Waals surface area (Å²) in [6.07, 6.45) is 0.653. The molecule has 4 heteroatoms. The normalized spacial score (nSPS) is 11.8. The van der Waals surface area contributed by atoms with Gasteiger partial charge in [0.05, 0.1) is 5.41 Å². The second-order valence-electron chi connectivity index (χ2n) is 6.58. The SMILES string of the molecule is CCC(C)(C)C(=O)Oc1c2ccccc2c(O)c2cc(O)ccc12. The van der Waals surface area contributed by atoms with Crippen LogP contribution in [0.4, 0.5) is 0 Å². The Bertz CT molecular complexity index is 941. The molecule has 0 unspecified atom stereocenters. The summed E-state index contributed by atoms with van der Waals surface area (Å²) in [7, 11) is 0. The summed E-state index contributed by atoms with van der Waals surface area (Å²) < 4.78 is 5.76. The first-order chi connectivity index (χ1) is 11.3. The van der Waals surface area contributed by atoms with E-state index in [1.807, 2.05) is 32.9 Å². The van der Waals surface area contributed by atoms with E-state index in [-0.39, 0.29) is 17.5 Å². The summed E-state index contributed by atoms with van der Waals surface area (Å²) in [4.78, 5) is 12.6. The third-order valence-corrected chi connectivity index (χ3v) is 4.56. The van der Waals surface area contributed by atoms with E-state index in [2.05, 4.69) is 0 Å². The van der Waals surface area contributed by atoms with Crippen LogP contribution in [0.5, 0.6) is 17.2 Å². The molecule has 0 amide bonds. The van der Waals surface area contributed by atoms with Gasteiger partial charge in [0.1, 0.15) is 17.2 Å². The molecule has 124 valence electrons. The molecule has 0 saturated heterocycles. The van der Waals surface area contributed by atoms with Gasteiger partial charge < -0.3 is 14.9 Å². The topological polar surface area (TPSA) is 66.8 Å². The van der Waals surface area contributed by atoms with E-state index in [4.69, 9.17) is 4.74 Å². The molecule has 0 atom stereocenters. The Balaban J connectivity index is 2.31. The van der Waals surface area contributed by atoms with Gasteiger partial charge in [0, 0.05) is 21.5 Å². The third kappa shape index (κ3) is 2.54. The van der Waals surface area contributed by atoms with Gasteiger partial charge in [-0.2, -0.15) is 0 Å². The predicted molar refractivity (Wildman–Crippen MR) is 94.5 cm³/mol. The standard InChI is InChI=1S/C20H20O4/c1-4-20(2,3)19(23)24-18-14-8-6-5-7-13(14)17(22)16-11-12(21)9-10-15(16)18/h5-11,21-22H,4H2,1-3H3. The molecule has 3 aromatic rings. The Labute approximate surface area is 140 Å². The molecular formula is C20H20O4. The van der Waals surface area contributed by atoms with E-state index in [1.54, 1.807) is 18.2 Å². The van der Waals surface area contributed by atoms with Crippen molar-refractivity contribution in [2.24, 2.45) is 5.41 Å². The van der Waals surface area contributed by atoms with Crippen LogP contribution in [0.2, 0.25) is 0 Å². The number of phenols is 2. The maximum atomic E-state index is 12.6. The molecule has 0 aliphatic heterocycles. The van der Waals surface area contributed by atoms with Crippen molar-refractivity contribution >= 4 is 27.5 Å². The van der Waals surface area contributed by atoms with E-state index in [0.29, 0.717) is 33.7 Å². The lowest BCUT2D eigenvalue weighted by Gasteiger charge is -2.22. The molecule has 0 aliphatic carbocycles. The van der Waals surface area contributed by atoms with Gasteiger partial charge in [0.15, 0.2) is 0 Å². The van der Waals surface area contributed by atoms with Gasteiger partial charge in [0.25, 0.3) is 0 Å². The van der Waals surface area contributed by atoms with Crippen LogP contribution in [0, 0.1) is 5.41 Å². The highest BCUT2D eigenvalue weighted by Crippen LogP contribution is 2.43. The van der Waals surface area contributed by atoms with Gasteiger partial charge in [0.2, 0.25) is 0 Å². The Hall–Kier alpha value is -2.75. The molecule has 2 N–H and O–H groups in total. The average Bonchev–Trinajstić information content (AvgIpc) is 2.58. The minimum Gasteiger partial charge on any atom is -0.508 e. The van der Waals surface area contributed by atoms with Crippen molar-refractivity contribution in [2.75, 3.05) is 0 Å². The summed E-state index contributed by atoms with van der Waals surface area (Å²) >= 11 is 0. The maximum absolute atomic E-state index is 12.6. The fourth-order valence-electron chi connectivity index (χ4n) is 2.59. The van der Waals surface area contributed by atoms with Crippen LogP contribution in [0.3, 0.4) is 0 Å². The molecule has 0 saturated carbocycles. The van der Waals surface area contributed by atoms with Crippen molar-refractivity contribution in [2.45, 2.75) is 27.2 Å². The molecule has 0 spiro atoms. The number of esters is 1. The molecule has 0 heterocycles. The molecule has 3 rings (SSSR count). The van der Waals surface area contributed by atoms with E-state index < -0.39 is 5.41 Å². The minimum atomic E-state index is -0.609. The molecule has 3 aromatic carbocycles. The average molecular weight is 324 g/mol. The number of rotatable bonds is 3. The highest BCUT2D eigenvalue weighted by atomic mass is 16.5. The van der Waals surface area contributed by atoms with Gasteiger partial charge in [-0.1, -0.05) is 31.2 Å². The predicted octanol–water partition coefficient (Wildman–Crippen LogP) is 4.75. The molecule has 0 aliphatic rings. The highest BCUT2D eigenvalue weighted by molar-refractivity contribution is 6.12. The highest BCUT2D eigenvalue weighted by Gasteiger charge is 2.29. The number of ether oxygens (including phenoxy) is 1. The fraction of sp³-hybridized carbons (Fsp3) is 0.250. The van der Waals surface area contributed by atoms with Gasteiger partial charge >= 0.3 is 5.97 Å². The van der Waals surface area contributed by atoms with Crippen LogP contribution in [0.25, 0.3) is 21.5 Å². The molecular weight excluding hydrogens is 304 g/mol. The van der Waals surface area contributed by atoms with E-state index in [9.17, 15) is 15.0 Å². The Kier molecular flexibility index (Phi) is 3.84. The zero-order valence-electron chi connectivity index (χ0n) is 14.0. The zero-order valence-corrected chi connectivity index (χ0v) is 14.0. The largest absolute Gasteiger partial charge is 0.508 e. The molecule has 0 fully saturated rings. The lowest BCUT2D eigenvalue weighted by molar-refractivity contribution is -0.143. The number of benzene rings is 3. The van der Waals surface area contributed by atoms with Crippen molar-refractivity contribution < 1.29 is 19.7 Å². The number of carbonyl (C=O) groups excluding carboxylic acids is 1. The molecule has 4 nitrogen and oxygen atoms in total. The number of carbonyl (C=O) groups is 1. The Morgan fingerprint density at radius 1 is 1.00 bits per heavy atom. The van der Waals surface area contributed by atoms with E-state index in [0.717, 1.165) is 0 Å². The lowest BCUT2D eigenvalue weighted by Crippen LogP contribution is -2.28. The fourth-order valence-corrected chi connectivity index (χ4v) is 2.59. The van der Waals surface area contributed by atoms with Gasteiger partial charge in [-0.3, -0.25) is 4.79 Å². The number of hydrogen-bond donors (Lipinski definition) is 2. The molecule has 0 aromatic heterocycles. The molecule has 24 heavy (non-hydrogen) atoms. The molecule has 0 bridgehead atoms. The van der Waals surface area contributed by atoms with Crippen molar-refractivity contribution in [3.8, 4) is 17.2 Å². The quantitative estimate of drug-likeness (QED) is 0.415. The number of aromatic hydroxyl groups is 2. The second-order valence-corrected chi connectivity index (χ2v) is 6.58. The summed E-state index contributed by atoms with van der Waals surface area (Å²) in [5.41, 5.74) is -0.609. The smallest absolute Gasteiger partial charge is 0.316 e. The Morgan fingerprint density at radius 2 is 1.62 bits per heavy atom. The van der Waals surface area contributed by atoms with Crippen LogP contribution in [-0.4, -0.2) is 16.2 Å². The first-order valence-electron chi connectivity index (χ1n) is 7.94. The van der Waals surface area contributed by atoms with Crippen molar-refractivity contribution in [3.63, 3.8) is 0 Å². The van der Waals surface area contributed by atoms with Gasteiger partial charge in [-0.25, -0.2) is 0 Å². The summed E-state index contributed by atoms with van der Waals surface area (Å²) in [6.45, 7) is 5.62.